The van der Waals surface area contributed by atoms with E-state index in [9.17, 15) is 14.0 Å². The summed E-state index contributed by atoms with van der Waals surface area (Å²) < 4.78 is 21.0. The number of carbonyl (C=O) groups excluding carboxylic acids is 2. The minimum absolute atomic E-state index is 0.0532. The molecule has 2 aliphatic heterocycles. The third-order valence-electron chi connectivity index (χ3n) is 5.89. The summed E-state index contributed by atoms with van der Waals surface area (Å²) in [5.41, 5.74) is 1.18. The van der Waals surface area contributed by atoms with Crippen LogP contribution in [0, 0.1) is 0 Å². The van der Waals surface area contributed by atoms with E-state index in [1.807, 2.05) is 30.3 Å². The number of ether oxygens (including phenoxy) is 1. The van der Waals surface area contributed by atoms with Gasteiger partial charge in [-0.1, -0.05) is 35.5 Å². The molecule has 4 rings (SSSR count). The Balaban J connectivity index is 1.29. The third-order valence-corrected chi connectivity index (χ3v) is 5.89. The molecule has 2 fully saturated rings. The van der Waals surface area contributed by atoms with Gasteiger partial charge in [0.25, 0.3) is 5.91 Å². The van der Waals surface area contributed by atoms with Gasteiger partial charge < -0.3 is 15.0 Å². The molecule has 2 aromatic rings. The number of rotatable bonds is 8. The molecule has 0 saturated carbocycles. The molecule has 1 aromatic carbocycles. The van der Waals surface area contributed by atoms with E-state index in [-0.39, 0.29) is 36.5 Å². The molecule has 0 bridgehead atoms. The van der Waals surface area contributed by atoms with E-state index in [0.717, 1.165) is 18.7 Å². The second kappa shape index (κ2) is 10.6. The van der Waals surface area contributed by atoms with Crippen LogP contribution >= 0.6 is 0 Å². The van der Waals surface area contributed by atoms with Crippen molar-refractivity contribution in [3.63, 3.8) is 0 Å². The fourth-order valence-electron chi connectivity index (χ4n) is 4.14. The normalized spacial score (nSPS) is 21.6. The monoisotopic (exact) mass is 444 g/mol. The first-order chi connectivity index (χ1) is 15.6. The zero-order chi connectivity index (χ0) is 22.3. The van der Waals surface area contributed by atoms with Gasteiger partial charge in [-0.05, 0) is 5.56 Å². The van der Waals surface area contributed by atoms with E-state index in [0.29, 0.717) is 39.3 Å². The van der Waals surface area contributed by atoms with Gasteiger partial charge in [0.05, 0.1) is 38.5 Å². The van der Waals surface area contributed by atoms with Gasteiger partial charge in [0, 0.05) is 39.0 Å². The van der Waals surface area contributed by atoms with E-state index in [1.165, 1.54) is 4.68 Å². The first-order valence-corrected chi connectivity index (χ1v) is 11.0. The number of likely N-dealkylation sites (tertiary alicyclic amines) is 1. The van der Waals surface area contributed by atoms with E-state index in [4.69, 9.17) is 4.74 Å². The zero-order valence-corrected chi connectivity index (χ0v) is 18.0. The Labute approximate surface area is 186 Å². The molecule has 2 saturated heterocycles. The molecule has 2 aliphatic rings. The summed E-state index contributed by atoms with van der Waals surface area (Å²) in [6.45, 7) is 4.45. The molecule has 0 aliphatic carbocycles. The first-order valence-electron chi connectivity index (χ1n) is 11.0. The van der Waals surface area contributed by atoms with Gasteiger partial charge in [0.2, 0.25) is 5.91 Å². The van der Waals surface area contributed by atoms with E-state index >= 15 is 0 Å². The highest BCUT2D eigenvalue weighted by atomic mass is 19.1. The van der Waals surface area contributed by atoms with Crippen LogP contribution in [-0.4, -0.2) is 88.2 Å². The molecule has 0 unspecified atom stereocenters. The maximum Gasteiger partial charge on any atom is 0.273 e. The van der Waals surface area contributed by atoms with Crippen LogP contribution in [0.4, 0.5) is 4.39 Å². The molecular weight excluding hydrogens is 415 g/mol. The maximum absolute atomic E-state index is 14.1. The second-order valence-corrected chi connectivity index (χ2v) is 8.23. The smallest absolute Gasteiger partial charge is 0.273 e. The van der Waals surface area contributed by atoms with Crippen LogP contribution < -0.4 is 5.32 Å². The van der Waals surface area contributed by atoms with Crippen LogP contribution in [0.25, 0.3) is 0 Å². The Bertz CT molecular complexity index is 902. The molecule has 1 aromatic heterocycles. The lowest BCUT2D eigenvalue weighted by atomic mass is 10.2. The van der Waals surface area contributed by atoms with E-state index in [2.05, 4.69) is 20.5 Å². The summed E-state index contributed by atoms with van der Waals surface area (Å²) in [7, 11) is 0. The van der Waals surface area contributed by atoms with Crippen LogP contribution in [0.2, 0.25) is 0 Å². The number of hydrogen-bond donors (Lipinski definition) is 1. The van der Waals surface area contributed by atoms with Gasteiger partial charge in [-0.25, -0.2) is 9.07 Å². The average molecular weight is 445 g/mol. The number of benzene rings is 1. The molecule has 0 radical (unpaired) electrons. The summed E-state index contributed by atoms with van der Waals surface area (Å²) >= 11 is 0. The number of carbonyl (C=O) groups is 2. The Morgan fingerprint density at radius 2 is 1.97 bits per heavy atom. The first kappa shape index (κ1) is 22.3. The van der Waals surface area contributed by atoms with Crippen molar-refractivity contribution in [2.24, 2.45) is 0 Å². The van der Waals surface area contributed by atoms with Crippen molar-refractivity contribution in [3.8, 4) is 0 Å². The van der Waals surface area contributed by atoms with Gasteiger partial charge in [0.1, 0.15) is 6.17 Å². The van der Waals surface area contributed by atoms with Crippen LogP contribution in [-0.2, 0) is 22.6 Å². The van der Waals surface area contributed by atoms with Crippen LogP contribution in [0.1, 0.15) is 28.9 Å². The summed E-state index contributed by atoms with van der Waals surface area (Å²) in [6.07, 6.45) is 1.11. The summed E-state index contributed by atoms with van der Waals surface area (Å²) in [6, 6.07) is 9.28. The lowest BCUT2D eigenvalue weighted by Crippen LogP contribution is -2.42. The molecule has 2 atom stereocenters. The number of nitrogens with zero attached hydrogens (tertiary/aromatic N) is 5. The molecule has 1 N–H and O–H groups in total. The van der Waals surface area contributed by atoms with Crippen LogP contribution in [0.3, 0.4) is 0 Å². The Morgan fingerprint density at radius 1 is 1.19 bits per heavy atom. The minimum atomic E-state index is -1.05. The highest BCUT2D eigenvalue weighted by molar-refractivity contribution is 5.91. The molecule has 0 spiro atoms. The largest absolute Gasteiger partial charge is 0.379 e. The second-order valence-electron chi connectivity index (χ2n) is 8.23. The van der Waals surface area contributed by atoms with Crippen molar-refractivity contribution in [1.82, 2.24) is 30.1 Å². The van der Waals surface area contributed by atoms with Gasteiger partial charge in [0.15, 0.2) is 5.69 Å². The highest BCUT2D eigenvalue weighted by Crippen LogP contribution is 2.23. The molecule has 2 amide bonds. The maximum atomic E-state index is 14.1. The fraction of sp³-hybridized carbons (Fsp3) is 0.545. The van der Waals surface area contributed by atoms with Gasteiger partial charge in [-0.2, -0.15) is 0 Å². The van der Waals surface area contributed by atoms with Gasteiger partial charge >= 0.3 is 0 Å². The molecule has 172 valence electrons. The number of amides is 2. The number of morpholine rings is 1. The number of halogens is 1. The topological polar surface area (TPSA) is 92.6 Å². The lowest BCUT2D eigenvalue weighted by Gasteiger charge is -2.28. The molecule has 3 heterocycles. The number of aromatic nitrogens is 3. The average Bonchev–Trinajstić information content (AvgIpc) is 3.44. The fourth-order valence-corrected chi connectivity index (χ4v) is 4.14. The number of hydrogen-bond acceptors (Lipinski definition) is 6. The summed E-state index contributed by atoms with van der Waals surface area (Å²) in [5, 5.41) is 10.8. The molecular formula is C22H29FN6O3. The zero-order valence-electron chi connectivity index (χ0n) is 18.0. The highest BCUT2D eigenvalue weighted by Gasteiger charge is 2.35. The third kappa shape index (κ3) is 5.89. The number of nitrogens with one attached hydrogen (secondary N) is 1. The number of alkyl halides is 1. The predicted molar refractivity (Wildman–Crippen MR) is 115 cm³/mol. The van der Waals surface area contributed by atoms with Crippen LogP contribution in [0.15, 0.2) is 36.5 Å². The molecule has 32 heavy (non-hydrogen) atoms. The van der Waals surface area contributed by atoms with Crippen LogP contribution in [0.5, 0.6) is 0 Å². The Morgan fingerprint density at radius 3 is 2.75 bits per heavy atom. The predicted octanol–water partition coefficient (Wildman–Crippen LogP) is 0.869. The summed E-state index contributed by atoms with van der Waals surface area (Å²) in [4.78, 5) is 28.9. The summed E-state index contributed by atoms with van der Waals surface area (Å²) in [5.74, 6) is -0.379. The standard InChI is InChI=1S/C22H29FN6O3/c23-18-12-19(29(14-18)21(30)6-7-27-8-10-32-11-9-27)15-28-16-20(25-26-28)22(31)24-13-17-4-2-1-3-5-17/h1-5,16,18-19H,6-15H2,(H,24,31)/t18-,19-/m0/s1. The van der Waals surface area contributed by atoms with Crippen molar-refractivity contribution in [2.45, 2.75) is 38.1 Å². The Hall–Kier alpha value is -2.85. The van der Waals surface area contributed by atoms with Crippen molar-refractivity contribution in [1.29, 1.82) is 0 Å². The van der Waals surface area contributed by atoms with Crippen molar-refractivity contribution in [3.05, 3.63) is 47.8 Å². The van der Waals surface area contributed by atoms with Gasteiger partial charge in [-0.15, -0.1) is 5.10 Å². The van der Waals surface area contributed by atoms with E-state index in [1.54, 1.807) is 11.1 Å². The Kier molecular flexibility index (Phi) is 7.43. The van der Waals surface area contributed by atoms with Gasteiger partial charge in [-0.3, -0.25) is 14.5 Å². The van der Waals surface area contributed by atoms with Crippen molar-refractivity contribution < 1.29 is 18.7 Å². The van der Waals surface area contributed by atoms with E-state index < -0.39 is 6.17 Å². The lowest BCUT2D eigenvalue weighted by molar-refractivity contribution is -0.133. The minimum Gasteiger partial charge on any atom is -0.379 e. The molecule has 10 heteroatoms. The quantitative estimate of drug-likeness (QED) is 0.650. The molecule has 9 nitrogen and oxygen atoms in total. The SMILES string of the molecule is O=C(NCc1ccccc1)c1cn(C[C@@H]2C[C@H](F)CN2C(=O)CCN2CCOCC2)nn1. The van der Waals surface area contributed by atoms with Crippen molar-refractivity contribution in [2.75, 3.05) is 39.4 Å². The van der Waals surface area contributed by atoms with Crippen molar-refractivity contribution >= 4 is 11.8 Å².